The summed E-state index contributed by atoms with van der Waals surface area (Å²) in [5.41, 5.74) is 3.96. The Hall–Kier alpha value is -2.63. The van der Waals surface area contributed by atoms with E-state index in [1.54, 1.807) is 18.0 Å². The zero-order valence-corrected chi connectivity index (χ0v) is 17.9. The van der Waals surface area contributed by atoms with Gasteiger partial charge in [-0.3, -0.25) is 14.7 Å². The van der Waals surface area contributed by atoms with Crippen LogP contribution in [0.25, 0.3) is 0 Å². The molecule has 3 aromatic rings. The van der Waals surface area contributed by atoms with E-state index < -0.39 is 0 Å². The first-order valence-corrected chi connectivity index (χ1v) is 11.5. The lowest BCUT2D eigenvalue weighted by Crippen LogP contribution is -2.29. The molecule has 5 heteroatoms. The van der Waals surface area contributed by atoms with Gasteiger partial charge in [0.15, 0.2) is 0 Å². The van der Waals surface area contributed by atoms with Crippen LogP contribution in [-0.4, -0.2) is 28.9 Å². The molecule has 0 bridgehead atoms. The van der Waals surface area contributed by atoms with Crippen molar-refractivity contribution in [2.75, 3.05) is 18.4 Å². The molecule has 0 unspecified atom stereocenters. The molecule has 1 fully saturated rings. The van der Waals surface area contributed by atoms with Crippen molar-refractivity contribution in [1.82, 2.24) is 9.88 Å². The summed E-state index contributed by atoms with van der Waals surface area (Å²) in [7, 11) is 0. The van der Waals surface area contributed by atoms with Crippen LogP contribution in [-0.2, 0) is 12.3 Å². The Bertz CT molecular complexity index is 954. The molecular weight excluding hydrogens is 390 g/mol. The molecule has 1 aliphatic rings. The van der Waals surface area contributed by atoms with Gasteiger partial charge < -0.3 is 5.32 Å². The first-order chi connectivity index (χ1) is 14.8. The molecule has 2 aromatic carbocycles. The summed E-state index contributed by atoms with van der Waals surface area (Å²) in [5, 5.41) is 3.04. The first kappa shape index (κ1) is 20.6. The van der Waals surface area contributed by atoms with Crippen molar-refractivity contribution < 1.29 is 4.79 Å². The number of thioether (sulfide) groups is 1. The fourth-order valence-corrected chi connectivity index (χ4v) is 4.51. The van der Waals surface area contributed by atoms with Crippen LogP contribution in [0, 0.1) is 0 Å². The molecule has 1 aliphatic heterocycles. The second-order valence-electron chi connectivity index (χ2n) is 7.67. The number of carbonyl (C=O) groups excluding carboxylic acids is 1. The van der Waals surface area contributed by atoms with E-state index in [0.29, 0.717) is 5.56 Å². The summed E-state index contributed by atoms with van der Waals surface area (Å²) < 4.78 is 0. The minimum absolute atomic E-state index is 0.0751. The zero-order valence-electron chi connectivity index (χ0n) is 17.1. The van der Waals surface area contributed by atoms with Gasteiger partial charge in [-0.2, -0.15) is 0 Å². The molecular formula is C25H27N3OS. The Kier molecular flexibility index (Phi) is 7.16. The highest BCUT2D eigenvalue weighted by Crippen LogP contribution is 2.23. The average Bonchev–Trinajstić information content (AvgIpc) is 2.80. The molecule has 154 valence electrons. The molecule has 4 rings (SSSR count). The fraction of sp³-hybridized carbons (Fsp3) is 0.280. The largest absolute Gasteiger partial charge is 0.322 e. The third kappa shape index (κ3) is 5.94. The second-order valence-corrected chi connectivity index (χ2v) is 8.71. The lowest BCUT2D eigenvalue weighted by molar-refractivity contribution is 0.102. The van der Waals surface area contributed by atoms with Crippen molar-refractivity contribution in [1.29, 1.82) is 0 Å². The van der Waals surface area contributed by atoms with E-state index in [2.05, 4.69) is 33.4 Å². The monoisotopic (exact) mass is 417 g/mol. The molecule has 2 heterocycles. The van der Waals surface area contributed by atoms with E-state index in [1.165, 1.54) is 43.5 Å². The van der Waals surface area contributed by atoms with E-state index in [0.717, 1.165) is 22.9 Å². The molecule has 0 aliphatic carbocycles. The number of aromatic nitrogens is 1. The summed E-state index contributed by atoms with van der Waals surface area (Å²) in [6.45, 7) is 3.29. The van der Waals surface area contributed by atoms with Crippen LogP contribution < -0.4 is 5.32 Å². The standard InChI is InChI=1S/C25H27N3OS/c29-25(22-9-11-24(12-10-22)30-19-21-7-5-13-26-17-21)27-23-8-4-6-20(16-23)18-28-14-2-1-3-15-28/h4-13,16-17H,1-3,14-15,18-19H2,(H,27,29). The summed E-state index contributed by atoms with van der Waals surface area (Å²) in [4.78, 5) is 20.4. The van der Waals surface area contributed by atoms with Gasteiger partial charge in [0.2, 0.25) is 0 Å². The number of likely N-dealkylation sites (tertiary alicyclic amines) is 1. The molecule has 0 spiro atoms. The normalized spacial score (nSPS) is 14.4. The number of hydrogen-bond donors (Lipinski definition) is 1. The lowest BCUT2D eigenvalue weighted by atomic mass is 10.1. The van der Waals surface area contributed by atoms with Crippen molar-refractivity contribution in [2.45, 2.75) is 36.5 Å². The van der Waals surface area contributed by atoms with Crippen molar-refractivity contribution in [3.63, 3.8) is 0 Å². The van der Waals surface area contributed by atoms with Gasteiger partial charge in [0.05, 0.1) is 0 Å². The van der Waals surface area contributed by atoms with Crippen molar-refractivity contribution in [3.05, 3.63) is 89.7 Å². The quantitative estimate of drug-likeness (QED) is 0.507. The number of amides is 1. The number of benzene rings is 2. The molecule has 4 nitrogen and oxygen atoms in total. The van der Waals surface area contributed by atoms with E-state index >= 15 is 0 Å². The Balaban J connectivity index is 1.32. The number of pyridine rings is 1. The number of piperidine rings is 1. The third-order valence-corrected chi connectivity index (χ3v) is 6.37. The summed E-state index contributed by atoms with van der Waals surface area (Å²) in [5.74, 6) is 0.789. The predicted octanol–water partition coefficient (Wildman–Crippen LogP) is 5.61. The number of anilines is 1. The molecule has 0 saturated carbocycles. The lowest BCUT2D eigenvalue weighted by Gasteiger charge is -2.26. The van der Waals surface area contributed by atoms with E-state index in [4.69, 9.17) is 0 Å². The topological polar surface area (TPSA) is 45.2 Å². The first-order valence-electron chi connectivity index (χ1n) is 10.5. The van der Waals surface area contributed by atoms with Crippen LogP contribution in [0.1, 0.15) is 40.7 Å². The molecule has 1 aromatic heterocycles. The van der Waals surface area contributed by atoms with Gasteiger partial charge in [0.25, 0.3) is 5.91 Å². The number of carbonyl (C=O) groups is 1. The molecule has 1 saturated heterocycles. The Morgan fingerprint density at radius 2 is 1.77 bits per heavy atom. The summed E-state index contributed by atoms with van der Waals surface area (Å²) >= 11 is 1.74. The zero-order chi connectivity index (χ0) is 20.6. The molecule has 0 atom stereocenters. The van der Waals surface area contributed by atoms with Gasteiger partial charge in [-0.25, -0.2) is 0 Å². The second kappa shape index (κ2) is 10.4. The van der Waals surface area contributed by atoms with E-state index in [-0.39, 0.29) is 5.91 Å². The minimum atomic E-state index is -0.0751. The fourth-order valence-electron chi connectivity index (χ4n) is 3.68. The number of hydrogen-bond acceptors (Lipinski definition) is 4. The summed E-state index contributed by atoms with van der Waals surface area (Å²) in [6.07, 6.45) is 7.58. The average molecular weight is 418 g/mol. The van der Waals surface area contributed by atoms with Gasteiger partial charge in [-0.1, -0.05) is 24.6 Å². The molecule has 30 heavy (non-hydrogen) atoms. The third-order valence-electron chi connectivity index (χ3n) is 5.28. The van der Waals surface area contributed by atoms with Gasteiger partial charge in [0, 0.05) is 40.8 Å². The van der Waals surface area contributed by atoms with Gasteiger partial charge in [0.1, 0.15) is 0 Å². The SMILES string of the molecule is O=C(Nc1cccc(CN2CCCCC2)c1)c1ccc(SCc2cccnc2)cc1. The predicted molar refractivity (Wildman–Crippen MR) is 124 cm³/mol. The van der Waals surface area contributed by atoms with Crippen LogP contribution in [0.4, 0.5) is 5.69 Å². The molecule has 1 amide bonds. The van der Waals surface area contributed by atoms with Crippen LogP contribution >= 0.6 is 11.8 Å². The highest BCUT2D eigenvalue weighted by molar-refractivity contribution is 7.98. The van der Waals surface area contributed by atoms with Gasteiger partial charge in [-0.15, -0.1) is 11.8 Å². The van der Waals surface area contributed by atoms with Crippen molar-refractivity contribution in [2.24, 2.45) is 0 Å². The highest BCUT2D eigenvalue weighted by atomic mass is 32.2. The molecule has 1 N–H and O–H groups in total. The Morgan fingerprint density at radius 1 is 0.967 bits per heavy atom. The van der Waals surface area contributed by atoms with Gasteiger partial charge in [-0.05, 0) is 79.5 Å². The van der Waals surface area contributed by atoms with Crippen LogP contribution in [0.15, 0.2) is 78.0 Å². The van der Waals surface area contributed by atoms with E-state index in [1.807, 2.05) is 48.7 Å². The number of nitrogens with zero attached hydrogens (tertiary/aromatic N) is 2. The van der Waals surface area contributed by atoms with Crippen molar-refractivity contribution >= 4 is 23.4 Å². The van der Waals surface area contributed by atoms with E-state index in [9.17, 15) is 4.79 Å². The van der Waals surface area contributed by atoms with Crippen LogP contribution in [0.3, 0.4) is 0 Å². The van der Waals surface area contributed by atoms with Crippen LogP contribution in [0.2, 0.25) is 0 Å². The maximum absolute atomic E-state index is 12.7. The van der Waals surface area contributed by atoms with Crippen LogP contribution in [0.5, 0.6) is 0 Å². The Morgan fingerprint density at radius 3 is 2.53 bits per heavy atom. The highest BCUT2D eigenvalue weighted by Gasteiger charge is 2.11. The Labute approximate surface area is 182 Å². The number of rotatable bonds is 7. The number of nitrogens with one attached hydrogen (secondary N) is 1. The van der Waals surface area contributed by atoms with Gasteiger partial charge >= 0.3 is 0 Å². The smallest absolute Gasteiger partial charge is 0.255 e. The maximum Gasteiger partial charge on any atom is 0.255 e. The maximum atomic E-state index is 12.7. The molecule has 0 radical (unpaired) electrons. The van der Waals surface area contributed by atoms with Crippen molar-refractivity contribution in [3.8, 4) is 0 Å². The summed E-state index contributed by atoms with van der Waals surface area (Å²) in [6, 6.07) is 20.0. The minimum Gasteiger partial charge on any atom is -0.322 e.